The van der Waals surface area contributed by atoms with Crippen molar-refractivity contribution < 1.29 is 14.7 Å². The molecule has 28 heavy (non-hydrogen) atoms. The average Bonchev–Trinajstić information content (AvgIpc) is 2.71. The molecule has 0 aliphatic carbocycles. The van der Waals surface area contributed by atoms with Gasteiger partial charge in [-0.3, -0.25) is 5.21 Å². The summed E-state index contributed by atoms with van der Waals surface area (Å²) < 4.78 is 5.75. The molecule has 0 saturated heterocycles. The fraction of sp³-hybridized carbons (Fsp3) is 0.0500. The number of ether oxygens (including phenoxy) is 1. The molecule has 2 heterocycles. The van der Waals surface area contributed by atoms with Gasteiger partial charge in [-0.05, 0) is 24.3 Å². The monoisotopic (exact) mass is 411 g/mol. The van der Waals surface area contributed by atoms with Crippen molar-refractivity contribution in [2.45, 2.75) is 6.10 Å². The van der Waals surface area contributed by atoms with Crippen LogP contribution in [0.2, 0.25) is 10.2 Å². The maximum absolute atomic E-state index is 12.7. The highest BCUT2D eigenvalue weighted by atomic mass is 35.5. The molecule has 3 aromatic rings. The van der Waals surface area contributed by atoms with Crippen LogP contribution in [-0.4, -0.2) is 16.2 Å². The fourth-order valence-electron chi connectivity index (χ4n) is 3.12. The quantitative estimate of drug-likeness (QED) is 0.469. The summed E-state index contributed by atoms with van der Waals surface area (Å²) in [5.74, 6) is -0.604. The number of esters is 1. The molecule has 1 aliphatic rings. The maximum atomic E-state index is 12.7. The van der Waals surface area contributed by atoms with Crippen molar-refractivity contribution in [3.63, 3.8) is 0 Å². The van der Waals surface area contributed by atoms with Crippen LogP contribution in [0.4, 0.5) is 11.4 Å². The minimum atomic E-state index is -0.891. The van der Waals surface area contributed by atoms with Gasteiger partial charge in [0, 0.05) is 22.3 Å². The van der Waals surface area contributed by atoms with Crippen molar-refractivity contribution >= 4 is 40.5 Å². The Kier molecular flexibility index (Phi) is 4.65. The molecular formula is C20H11Cl2N3O3. The number of fused-ring (bicyclic) bond motifs is 2. The SMILES string of the molecule is N#Cc1c(Cl)ncc2c1N(O)c1ccccc1[C@@H]2OC(=O)c1cccc(Cl)c1. The maximum Gasteiger partial charge on any atom is 0.339 e. The lowest BCUT2D eigenvalue weighted by atomic mass is 9.93. The molecule has 1 aromatic heterocycles. The first kappa shape index (κ1) is 18.3. The van der Waals surface area contributed by atoms with E-state index in [1.54, 1.807) is 42.5 Å². The largest absolute Gasteiger partial charge is 0.449 e. The van der Waals surface area contributed by atoms with Gasteiger partial charge in [0.05, 0.1) is 16.9 Å². The van der Waals surface area contributed by atoms with Crippen LogP contribution in [0.25, 0.3) is 0 Å². The van der Waals surface area contributed by atoms with Gasteiger partial charge < -0.3 is 4.74 Å². The highest BCUT2D eigenvalue weighted by Gasteiger charge is 2.36. The predicted molar refractivity (Wildman–Crippen MR) is 103 cm³/mol. The van der Waals surface area contributed by atoms with Gasteiger partial charge in [0.1, 0.15) is 16.8 Å². The smallest absolute Gasteiger partial charge is 0.339 e. The van der Waals surface area contributed by atoms with Crippen LogP contribution in [0.3, 0.4) is 0 Å². The van der Waals surface area contributed by atoms with E-state index >= 15 is 0 Å². The Bertz CT molecular complexity index is 1140. The average molecular weight is 412 g/mol. The second kappa shape index (κ2) is 7.13. The molecule has 0 unspecified atom stereocenters. The molecular weight excluding hydrogens is 401 g/mol. The zero-order valence-electron chi connectivity index (χ0n) is 14.1. The van der Waals surface area contributed by atoms with Gasteiger partial charge in [0.2, 0.25) is 0 Å². The second-order valence-electron chi connectivity index (χ2n) is 6.01. The predicted octanol–water partition coefficient (Wildman–Crippen LogP) is 5.05. The van der Waals surface area contributed by atoms with Gasteiger partial charge in [0.15, 0.2) is 6.10 Å². The first-order valence-electron chi connectivity index (χ1n) is 8.14. The van der Waals surface area contributed by atoms with Crippen LogP contribution < -0.4 is 5.06 Å². The van der Waals surface area contributed by atoms with E-state index in [4.69, 9.17) is 27.9 Å². The van der Waals surface area contributed by atoms with E-state index in [-0.39, 0.29) is 22.0 Å². The Morgan fingerprint density at radius 1 is 1.18 bits per heavy atom. The van der Waals surface area contributed by atoms with Crippen LogP contribution >= 0.6 is 23.2 Å². The molecule has 1 N–H and O–H groups in total. The summed E-state index contributed by atoms with van der Waals surface area (Å²) in [5, 5.41) is 21.4. The number of para-hydroxylation sites is 1. The number of halogens is 2. The molecule has 0 saturated carbocycles. The summed E-state index contributed by atoms with van der Waals surface area (Å²) in [5.41, 5.74) is 1.65. The van der Waals surface area contributed by atoms with E-state index in [9.17, 15) is 15.3 Å². The van der Waals surface area contributed by atoms with Gasteiger partial charge in [-0.2, -0.15) is 5.26 Å². The Morgan fingerprint density at radius 2 is 1.96 bits per heavy atom. The molecule has 1 aliphatic heterocycles. The fourth-order valence-corrected chi connectivity index (χ4v) is 3.49. The van der Waals surface area contributed by atoms with Crippen LogP contribution in [-0.2, 0) is 4.74 Å². The lowest BCUT2D eigenvalue weighted by Gasteiger charge is -2.33. The number of aromatic nitrogens is 1. The molecule has 2 aromatic carbocycles. The number of anilines is 2. The molecule has 0 fully saturated rings. The Hall–Kier alpha value is -3.11. The van der Waals surface area contributed by atoms with Crippen LogP contribution in [0.15, 0.2) is 54.7 Å². The number of carbonyl (C=O) groups is 1. The molecule has 0 bridgehead atoms. The van der Waals surface area contributed by atoms with Crippen molar-refractivity contribution in [3.05, 3.63) is 87.2 Å². The number of carbonyl (C=O) groups excluding carboxylic acids is 1. The van der Waals surface area contributed by atoms with Crippen LogP contribution in [0.1, 0.15) is 33.2 Å². The molecule has 138 valence electrons. The molecule has 0 radical (unpaired) electrons. The Morgan fingerprint density at radius 3 is 2.71 bits per heavy atom. The van der Waals surface area contributed by atoms with Gasteiger partial charge in [0.25, 0.3) is 0 Å². The third-order valence-electron chi connectivity index (χ3n) is 4.37. The second-order valence-corrected chi connectivity index (χ2v) is 6.80. The van der Waals surface area contributed by atoms with Crippen LogP contribution in [0.5, 0.6) is 0 Å². The summed E-state index contributed by atoms with van der Waals surface area (Å²) in [4.78, 5) is 16.7. The molecule has 0 spiro atoms. The molecule has 1 atom stereocenters. The molecule has 0 amide bonds. The van der Waals surface area contributed by atoms with Crippen molar-refractivity contribution in [2.24, 2.45) is 0 Å². The lowest BCUT2D eigenvalue weighted by Crippen LogP contribution is -2.26. The Balaban J connectivity index is 1.85. The summed E-state index contributed by atoms with van der Waals surface area (Å²) >= 11 is 12.0. The third-order valence-corrected chi connectivity index (χ3v) is 4.89. The van der Waals surface area contributed by atoms with Crippen molar-refractivity contribution in [1.82, 2.24) is 4.98 Å². The highest BCUT2D eigenvalue weighted by molar-refractivity contribution is 6.31. The summed E-state index contributed by atoms with van der Waals surface area (Å²) in [6.07, 6.45) is 0.492. The minimum absolute atomic E-state index is 0.0139. The third kappa shape index (κ3) is 2.96. The van der Waals surface area contributed by atoms with Gasteiger partial charge >= 0.3 is 5.97 Å². The molecule has 8 heteroatoms. The van der Waals surface area contributed by atoms with Gasteiger partial charge in [-0.1, -0.05) is 47.5 Å². The van der Waals surface area contributed by atoms with Crippen molar-refractivity contribution in [3.8, 4) is 6.07 Å². The number of pyridine rings is 1. The van der Waals surface area contributed by atoms with Crippen molar-refractivity contribution in [2.75, 3.05) is 5.06 Å². The zero-order valence-corrected chi connectivity index (χ0v) is 15.6. The van der Waals surface area contributed by atoms with Gasteiger partial charge in [-0.15, -0.1) is 0 Å². The first-order valence-corrected chi connectivity index (χ1v) is 8.90. The normalized spacial score (nSPS) is 14.6. The highest BCUT2D eigenvalue weighted by Crippen LogP contribution is 2.47. The topological polar surface area (TPSA) is 86.5 Å². The van der Waals surface area contributed by atoms with Crippen LogP contribution in [0, 0.1) is 11.3 Å². The van der Waals surface area contributed by atoms with E-state index in [2.05, 4.69) is 4.98 Å². The molecule has 6 nitrogen and oxygen atoms in total. The van der Waals surface area contributed by atoms with Crippen molar-refractivity contribution in [1.29, 1.82) is 5.26 Å². The van der Waals surface area contributed by atoms with E-state index in [1.165, 1.54) is 12.3 Å². The van der Waals surface area contributed by atoms with E-state index < -0.39 is 12.1 Å². The lowest BCUT2D eigenvalue weighted by molar-refractivity contribution is 0.0371. The molecule has 4 rings (SSSR count). The Labute approximate surface area is 170 Å². The number of rotatable bonds is 2. The van der Waals surface area contributed by atoms with E-state index in [0.717, 1.165) is 5.06 Å². The number of hydrogen-bond donors (Lipinski definition) is 1. The number of benzene rings is 2. The van der Waals surface area contributed by atoms with E-state index in [1.807, 2.05) is 6.07 Å². The zero-order chi connectivity index (χ0) is 19.8. The summed E-state index contributed by atoms with van der Waals surface area (Å²) in [7, 11) is 0. The van der Waals surface area contributed by atoms with E-state index in [0.29, 0.717) is 21.8 Å². The number of nitrogens with zero attached hydrogens (tertiary/aromatic N) is 3. The number of hydrogen-bond acceptors (Lipinski definition) is 6. The summed E-state index contributed by atoms with van der Waals surface area (Å²) in [6.45, 7) is 0. The minimum Gasteiger partial charge on any atom is -0.449 e. The van der Waals surface area contributed by atoms with Gasteiger partial charge in [-0.25, -0.2) is 14.8 Å². The summed E-state index contributed by atoms with van der Waals surface area (Å²) in [6, 6.07) is 15.2. The first-order chi connectivity index (χ1) is 13.5. The number of nitriles is 1. The standard InChI is InChI=1S/C20H11Cl2N3O3/c21-12-5-3-4-11(8-12)20(26)28-18-13-6-1-2-7-16(13)25(27)17-14(9-23)19(22)24-10-15(17)18/h1-8,10,18,27H/t18-/m0/s1.